The van der Waals surface area contributed by atoms with E-state index in [-0.39, 0.29) is 9.79 Å². The molecular formula is C26H29N3O5S3. The summed E-state index contributed by atoms with van der Waals surface area (Å²) in [6.07, 6.45) is 2.39. The van der Waals surface area contributed by atoms with Crippen LogP contribution in [0.3, 0.4) is 0 Å². The zero-order valence-corrected chi connectivity index (χ0v) is 23.5. The molecule has 1 amide bonds. The molecular weight excluding hydrogens is 531 g/mol. The van der Waals surface area contributed by atoms with Crippen LogP contribution in [0.2, 0.25) is 0 Å². The molecule has 3 aromatic carbocycles. The van der Waals surface area contributed by atoms with E-state index in [0.29, 0.717) is 24.3 Å². The van der Waals surface area contributed by atoms with Crippen molar-refractivity contribution in [3.8, 4) is 0 Å². The Morgan fingerprint density at radius 1 is 0.892 bits per heavy atom. The van der Waals surface area contributed by atoms with Crippen LogP contribution in [0.4, 0.5) is 11.4 Å². The Kier molecular flexibility index (Phi) is 7.70. The van der Waals surface area contributed by atoms with E-state index in [2.05, 4.69) is 0 Å². The Morgan fingerprint density at radius 2 is 1.51 bits per heavy atom. The van der Waals surface area contributed by atoms with Crippen molar-refractivity contribution in [2.45, 2.75) is 28.0 Å². The van der Waals surface area contributed by atoms with Crippen molar-refractivity contribution in [1.29, 1.82) is 0 Å². The minimum absolute atomic E-state index is 0.0963. The van der Waals surface area contributed by atoms with Gasteiger partial charge in [-0.25, -0.2) is 21.1 Å². The second-order valence-electron chi connectivity index (χ2n) is 8.90. The van der Waals surface area contributed by atoms with Gasteiger partial charge in [0, 0.05) is 31.2 Å². The van der Waals surface area contributed by atoms with Crippen LogP contribution in [0.25, 0.3) is 0 Å². The number of aryl methyl sites for hydroxylation is 1. The highest BCUT2D eigenvalue weighted by Gasteiger charge is 2.32. The monoisotopic (exact) mass is 559 g/mol. The van der Waals surface area contributed by atoms with Gasteiger partial charge in [-0.2, -0.15) is 0 Å². The fourth-order valence-corrected chi connectivity index (χ4v) is 6.89. The Labute approximate surface area is 223 Å². The normalized spacial score (nSPS) is 13.6. The lowest BCUT2D eigenvalue weighted by Crippen LogP contribution is -2.42. The van der Waals surface area contributed by atoms with Gasteiger partial charge >= 0.3 is 0 Å². The molecule has 0 spiro atoms. The molecule has 0 saturated carbocycles. The van der Waals surface area contributed by atoms with Crippen molar-refractivity contribution < 1.29 is 21.6 Å². The molecule has 0 atom stereocenters. The predicted octanol–water partition coefficient (Wildman–Crippen LogP) is 3.75. The number of rotatable bonds is 8. The van der Waals surface area contributed by atoms with Crippen LogP contribution in [0, 0.1) is 6.92 Å². The Morgan fingerprint density at radius 3 is 2.11 bits per heavy atom. The van der Waals surface area contributed by atoms with Gasteiger partial charge in [-0.15, -0.1) is 11.8 Å². The minimum atomic E-state index is -4.04. The van der Waals surface area contributed by atoms with E-state index in [0.717, 1.165) is 24.6 Å². The zero-order valence-electron chi connectivity index (χ0n) is 21.1. The number of hydrogen-bond acceptors (Lipinski definition) is 6. The average Bonchev–Trinajstić information content (AvgIpc) is 3.31. The first-order valence-corrected chi connectivity index (χ1v) is 15.6. The summed E-state index contributed by atoms with van der Waals surface area (Å²) in [6, 6.07) is 18.2. The summed E-state index contributed by atoms with van der Waals surface area (Å²) in [6.45, 7) is 1.84. The van der Waals surface area contributed by atoms with Gasteiger partial charge in [-0.3, -0.25) is 9.10 Å². The molecule has 37 heavy (non-hydrogen) atoms. The first kappa shape index (κ1) is 27.2. The van der Waals surface area contributed by atoms with E-state index < -0.39 is 32.5 Å². The molecule has 0 N–H and O–H groups in total. The van der Waals surface area contributed by atoms with E-state index in [1.165, 1.54) is 36.8 Å². The number of amides is 1. The van der Waals surface area contributed by atoms with Gasteiger partial charge in [0.15, 0.2) is 0 Å². The maximum absolute atomic E-state index is 13.7. The molecule has 11 heteroatoms. The number of benzene rings is 3. The highest BCUT2D eigenvalue weighted by atomic mass is 32.2. The molecule has 0 saturated heterocycles. The minimum Gasteiger partial charge on any atom is -0.310 e. The number of carbonyl (C=O) groups excluding carboxylic acids is 1. The first-order valence-electron chi connectivity index (χ1n) is 11.5. The summed E-state index contributed by atoms with van der Waals surface area (Å²) >= 11 is 1.51. The molecule has 196 valence electrons. The van der Waals surface area contributed by atoms with Crippen molar-refractivity contribution in [1.82, 2.24) is 4.31 Å². The van der Waals surface area contributed by atoms with Gasteiger partial charge in [0.25, 0.3) is 10.0 Å². The summed E-state index contributed by atoms with van der Waals surface area (Å²) in [4.78, 5) is 16.2. The zero-order chi connectivity index (χ0) is 27.0. The SMILES string of the molecule is CSc1ccc(S(=O)(=O)N(CC(=O)N2CCc3cc(S(=O)(=O)N(C)C)ccc32)c2ccc(C)cc2)cc1. The molecule has 0 fully saturated rings. The van der Waals surface area contributed by atoms with Crippen LogP contribution < -0.4 is 9.21 Å². The Bertz CT molecular complexity index is 1520. The number of fused-ring (bicyclic) bond motifs is 1. The van der Waals surface area contributed by atoms with E-state index >= 15 is 0 Å². The lowest BCUT2D eigenvalue weighted by Gasteiger charge is -2.27. The third kappa shape index (κ3) is 5.40. The molecule has 3 aromatic rings. The largest absolute Gasteiger partial charge is 0.310 e. The topological polar surface area (TPSA) is 95.1 Å². The molecule has 0 bridgehead atoms. The fourth-order valence-electron chi connectivity index (χ4n) is 4.12. The lowest BCUT2D eigenvalue weighted by molar-refractivity contribution is -0.117. The number of hydrogen-bond donors (Lipinski definition) is 0. The van der Waals surface area contributed by atoms with Crippen molar-refractivity contribution in [2.75, 3.05) is 42.6 Å². The highest BCUT2D eigenvalue weighted by molar-refractivity contribution is 7.98. The number of carbonyl (C=O) groups is 1. The molecule has 1 heterocycles. The summed E-state index contributed by atoms with van der Waals surface area (Å²) in [5.74, 6) is -0.396. The maximum Gasteiger partial charge on any atom is 0.264 e. The predicted molar refractivity (Wildman–Crippen MR) is 147 cm³/mol. The van der Waals surface area contributed by atoms with Gasteiger partial charge in [-0.05, 0) is 79.8 Å². The van der Waals surface area contributed by atoms with Crippen LogP contribution >= 0.6 is 11.8 Å². The van der Waals surface area contributed by atoms with Crippen LogP contribution in [-0.2, 0) is 31.3 Å². The van der Waals surface area contributed by atoms with Crippen molar-refractivity contribution in [2.24, 2.45) is 0 Å². The molecule has 8 nitrogen and oxygen atoms in total. The van der Waals surface area contributed by atoms with E-state index in [4.69, 9.17) is 0 Å². The fraction of sp³-hybridized carbons (Fsp3) is 0.269. The number of thioether (sulfide) groups is 1. The second-order valence-corrected chi connectivity index (χ2v) is 13.8. The second kappa shape index (κ2) is 10.5. The summed E-state index contributed by atoms with van der Waals surface area (Å²) in [5, 5.41) is 0. The van der Waals surface area contributed by atoms with Gasteiger partial charge < -0.3 is 4.90 Å². The third-order valence-electron chi connectivity index (χ3n) is 6.27. The maximum atomic E-state index is 13.7. The van der Waals surface area contributed by atoms with Gasteiger partial charge in [0.05, 0.1) is 15.5 Å². The lowest BCUT2D eigenvalue weighted by atomic mass is 10.2. The molecule has 4 rings (SSSR count). The molecule has 1 aliphatic heterocycles. The summed E-state index contributed by atoms with van der Waals surface area (Å²) in [5.41, 5.74) is 2.68. The summed E-state index contributed by atoms with van der Waals surface area (Å²) < 4.78 is 54.7. The highest BCUT2D eigenvalue weighted by Crippen LogP contribution is 2.32. The van der Waals surface area contributed by atoms with E-state index in [1.54, 1.807) is 60.7 Å². The Hall–Kier alpha value is -2.86. The quantitative estimate of drug-likeness (QED) is 0.390. The standard InChI is InChI=1S/C26H29N3O5S3/c1-19-5-7-21(8-6-19)29(37(33,34)23-11-9-22(35-4)10-12-23)18-26(30)28-16-15-20-17-24(13-14-25(20)28)36(31,32)27(2)3/h5-14,17H,15-16,18H2,1-4H3. The average molecular weight is 560 g/mol. The van der Waals surface area contributed by atoms with Crippen molar-refractivity contribution in [3.05, 3.63) is 77.9 Å². The molecule has 0 unspecified atom stereocenters. The number of sulfonamides is 2. The third-order valence-corrected chi connectivity index (χ3v) is 10.6. The Balaban J connectivity index is 1.67. The van der Waals surface area contributed by atoms with Crippen LogP contribution in [0.1, 0.15) is 11.1 Å². The van der Waals surface area contributed by atoms with Crippen molar-refractivity contribution in [3.63, 3.8) is 0 Å². The molecule has 1 aliphatic rings. The van der Waals surface area contributed by atoms with E-state index in [1.807, 2.05) is 13.2 Å². The summed E-state index contributed by atoms with van der Waals surface area (Å²) in [7, 11) is -4.72. The van der Waals surface area contributed by atoms with Crippen LogP contribution in [0.15, 0.2) is 81.4 Å². The van der Waals surface area contributed by atoms with Crippen molar-refractivity contribution >= 4 is 49.1 Å². The van der Waals surface area contributed by atoms with Gasteiger partial charge in [0.2, 0.25) is 15.9 Å². The van der Waals surface area contributed by atoms with Crippen LogP contribution in [-0.4, -0.2) is 60.5 Å². The number of anilines is 2. The first-order chi connectivity index (χ1) is 17.4. The van der Waals surface area contributed by atoms with Gasteiger partial charge in [-0.1, -0.05) is 17.7 Å². The van der Waals surface area contributed by atoms with E-state index in [9.17, 15) is 21.6 Å². The smallest absolute Gasteiger partial charge is 0.264 e. The number of nitrogens with zero attached hydrogens (tertiary/aromatic N) is 3. The van der Waals surface area contributed by atoms with Gasteiger partial charge in [0.1, 0.15) is 6.54 Å². The van der Waals surface area contributed by atoms with Crippen LogP contribution in [0.5, 0.6) is 0 Å². The molecule has 0 radical (unpaired) electrons. The molecule has 0 aliphatic carbocycles. The molecule has 0 aromatic heterocycles.